The van der Waals surface area contributed by atoms with Crippen molar-refractivity contribution in [2.75, 3.05) is 26.7 Å². The highest BCUT2D eigenvalue weighted by Crippen LogP contribution is 2.20. The number of benzene rings is 1. The molecule has 2 aromatic rings. The number of halogens is 1. The van der Waals surface area contributed by atoms with E-state index in [1.807, 2.05) is 19.2 Å². The fraction of sp³-hybridized carbons (Fsp3) is 0.533. The highest BCUT2D eigenvalue weighted by molar-refractivity contribution is 6.31. The standard InChI is InChI=1S/C15H23ClN4/c1-4-19(5-2)8-9-20-14-7-6-12(16)10-13(14)18-15(20)11-17-3/h6-7,10,17H,4-5,8-9,11H2,1-3H3. The maximum absolute atomic E-state index is 6.06. The summed E-state index contributed by atoms with van der Waals surface area (Å²) >= 11 is 6.06. The molecular weight excluding hydrogens is 272 g/mol. The number of imidazole rings is 1. The van der Waals surface area contributed by atoms with Gasteiger partial charge in [0.25, 0.3) is 0 Å². The van der Waals surface area contributed by atoms with Crippen LogP contribution in [0.15, 0.2) is 18.2 Å². The quantitative estimate of drug-likeness (QED) is 0.852. The molecule has 0 bridgehead atoms. The normalized spacial score (nSPS) is 11.7. The maximum Gasteiger partial charge on any atom is 0.123 e. The van der Waals surface area contributed by atoms with Gasteiger partial charge in [0, 0.05) is 18.1 Å². The number of aromatic nitrogens is 2. The van der Waals surface area contributed by atoms with Gasteiger partial charge in [-0.05, 0) is 38.3 Å². The van der Waals surface area contributed by atoms with E-state index in [0.29, 0.717) is 0 Å². The molecule has 0 saturated heterocycles. The molecule has 1 aromatic heterocycles. The lowest BCUT2D eigenvalue weighted by atomic mass is 10.3. The Hall–Kier alpha value is -1.10. The van der Waals surface area contributed by atoms with Gasteiger partial charge in [-0.1, -0.05) is 25.4 Å². The van der Waals surface area contributed by atoms with Gasteiger partial charge in [0.15, 0.2) is 0 Å². The van der Waals surface area contributed by atoms with Crippen LogP contribution in [0.5, 0.6) is 0 Å². The van der Waals surface area contributed by atoms with Crippen LogP contribution in [0, 0.1) is 0 Å². The molecule has 110 valence electrons. The zero-order valence-corrected chi connectivity index (χ0v) is 13.2. The smallest absolute Gasteiger partial charge is 0.123 e. The van der Waals surface area contributed by atoms with E-state index in [0.717, 1.165) is 54.6 Å². The number of rotatable bonds is 7. The lowest BCUT2D eigenvalue weighted by molar-refractivity contribution is 0.290. The van der Waals surface area contributed by atoms with Gasteiger partial charge in [-0.2, -0.15) is 0 Å². The Morgan fingerprint density at radius 3 is 2.70 bits per heavy atom. The molecule has 0 aliphatic carbocycles. The van der Waals surface area contributed by atoms with E-state index in [9.17, 15) is 0 Å². The van der Waals surface area contributed by atoms with Gasteiger partial charge in [0.2, 0.25) is 0 Å². The van der Waals surface area contributed by atoms with E-state index in [2.05, 4.69) is 34.7 Å². The van der Waals surface area contributed by atoms with Crippen molar-refractivity contribution in [1.29, 1.82) is 0 Å². The average Bonchev–Trinajstić information content (AvgIpc) is 2.77. The first-order chi connectivity index (χ1) is 9.69. The molecule has 0 aliphatic rings. The Bertz CT molecular complexity index is 560. The first kappa shape index (κ1) is 15.3. The third kappa shape index (κ3) is 3.32. The fourth-order valence-corrected chi connectivity index (χ4v) is 2.64. The molecule has 0 spiro atoms. The molecule has 4 nitrogen and oxygen atoms in total. The molecule has 1 aromatic carbocycles. The molecule has 0 radical (unpaired) electrons. The molecule has 0 unspecified atom stereocenters. The largest absolute Gasteiger partial charge is 0.326 e. The molecule has 1 heterocycles. The molecule has 2 rings (SSSR count). The number of hydrogen-bond donors (Lipinski definition) is 1. The molecule has 0 atom stereocenters. The zero-order valence-electron chi connectivity index (χ0n) is 12.5. The summed E-state index contributed by atoms with van der Waals surface area (Å²) in [5, 5.41) is 3.92. The summed E-state index contributed by atoms with van der Waals surface area (Å²) in [6.45, 7) is 9.32. The minimum absolute atomic E-state index is 0.738. The number of fused-ring (bicyclic) bond motifs is 1. The minimum Gasteiger partial charge on any atom is -0.326 e. The third-order valence-electron chi connectivity index (χ3n) is 3.66. The van der Waals surface area contributed by atoms with Crippen LogP contribution in [0.2, 0.25) is 5.02 Å². The van der Waals surface area contributed by atoms with Crippen LogP contribution in [0.25, 0.3) is 11.0 Å². The molecule has 1 N–H and O–H groups in total. The minimum atomic E-state index is 0.738. The Labute approximate surface area is 125 Å². The third-order valence-corrected chi connectivity index (χ3v) is 3.89. The van der Waals surface area contributed by atoms with Crippen LogP contribution in [-0.4, -0.2) is 41.1 Å². The van der Waals surface area contributed by atoms with Gasteiger partial charge >= 0.3 is 0 Å². The molecule has 0 saturated carbocycles. The zero-order chi connectivity index (χ0) is 14.5. The van der Waals surface area contributed by atoms with Gasteiger partial charge in [-0.25, -0.2) is 4.98 Å². The second-order valence-corrected chi connectivity index (χ2v) is 5.31. The summed E-state index contributed by atoms with van der Waals surface area (Å²) < 4.78 is 2.29. The summed E-state index contributed by atoms with van der Waals surface area (Å²) in [6.07, 6.45) is 0. The first-order valence-corrected chi connectivity index (χ1v) is 7.59. The summed E-state index contributed by atoms with van der Waals surface area (Å²) in [5.74, 6) is 1.07. The maximum atomic E-state index is 6.06. The number of nitrogens with zero attached hydrogens (tertiary/aromatic N) is 3. The van der Waals surface area contributed by atoms with Gasteiger partial charge in [-0.3, -0.25) is 0 Å². The lowest BCUT2D eigenvalue weighted by Gasteiger charge is -2.19. The molecule has 20 heavy (non-hydrogen) atoms. The second-order valence-electron chi connectivity index (χ2n) is 4.87. The van der Waals surface area contributed by atoms with E-state index in [4.69, 9.17) is 16.6 Å². The molecular formula is C15H23ClN4. The summed E-state index contributed by atoms with van der Waals surface area (Å²) in [5.41, 5.74) is 2.13. The van der Waals surface area contributed by atoms with E-state index in [-0.39, 0.29) is 0 Å². The van der Waals surface area contributed by atoms with Crippen molar-refractivity contribution in [3.8, 4) is 0 Å². The van der Waals surface area contributed by atoms with Crippen LogP contribution in [0.1, 0.15) is 19.7 Å². The Balaban J connectivity index is 2.30. The highest BCUT2D eigenvalue weighted by Gasteiger charge is 2.11. The highest BCUT2D eigenvalue weighted by atomic mass is 35.5. The van der Waals surface area contributed by atoms with Crippen molar-refractivity contribution in [2.45, 2.75) is 26.9 Å². The SMILES string of the molecule is CCN(CC)CCn1c(CNC)nc2cc(Cl)ccc21. The summed E-state index contributed by atoms with van der Waals surface area (Å²) in [6, 6.07) is 5.93. The van der Waals surface area contributed by atoms with E-state index >= 15 is 0 Å². The van der Waals surface area contributed by atoms with Crippen molar-refractivity contribution in [3.63, 3.8) is 0 Å². The number of nitrogens with one attached hydrogen (secondary N) is 1. The van der Waals surface area contributed by atoms with Crippen LogP contribution in [0.4, 0.5) is 0 Å². The molecule has 0 amide bonds. The van der Waals surface area contributed by atoms with E-state index in [1.165, 1.54) is 0 Å². The van der Waals surface area contributed by atoms with Gasteiger partial charge in [0.05, 0.1) is 17.6 Å². The van der Waals surface area contributed by atoms with Crippen molar-refractivity contribution in [3.05, 3.63) is 29.0 Å². The van der Waals surface area contributed by atoms with Gasteiger partial charge in [-0.15, -0.1) is 0 Å². The lowest BCUT2D eigenvalue weighted by Crippen LogP contribution is -2.27. The Morgan fingerprint density at radius 2 is 2.05 bits per heavy atom. The average molecular weight is 295 g/mol. The van der Waals surface area contributed by atoms with Crippen molar-refractivity contribution in [1.82, 2.24) is 19.8 Å². The van der Waals surface area contributed by atoms with Crippen molar-refractivity contribution < 1.29 is 0 Å². The van der Waals surface area contributed by atoms with E-state index in [1.54, 1.807) is 0 Å². The number of likely N-dealkylation sites (N-methyl/N-ethyl adjacent to an activating group) is 1. The molecule has 0 aliphatic heterocycles. The van der Waals surface area contributed by atoms with Crippen molar-refractivity contribution >= 4 is 22.6 Å². The van der Waals surface area contributed by atoms with Crippen LogP contribution < -0.4 is 5.32 Å². The number of hydrogen-bond acceptors (Lipinski definition) is 3. The predicted molar refractivity (Wildman–Crippen MR) is 85.3 cm³/mol. The van der Waals surface area contributed by atoms with Crippen LogP contribution in [0.3, 0.4) is 0 Å². The second kappa shape index (κ2) is 7.07. The summed E-state index contributed by atoms with van der Waals surface area (Å²) in [4.78, 5) is 7.11. The topological polar surface area (TPSA) is 33.1 Å². The molecule has 0 fully saturated rings. The van der Waals surface area contributed by atoms with Crippen molar-refractivity contribution in [2.24, 2.45) is 0 Å². The van der Waals surface area contributed by atoms with Gasteiger partial charge < -0.3 is 14.8 Å². The van der Waals surface area contributed by atoms with E-state index < -0.39 is 0 Å². The van der Waals surface area contributed by atoms with Crippen LogP contribution >= 0.6 is 11.6 Å². The fourth-order valence-electron chi connectivity index (χ4n) is 2.48. The summed E-state index contributed by atoms with van der Waals surface area (Å²) in [7, 11) is 1.95. The Morgan fingerprint density at radius 1 is 1.30 bits per heavy atom. The monoisotopic (exact) mass is 294 g/mol. The first-order valence-electron chi connectivity index (χ1n) is 7.21. The van der Waals surface area contributed by atoms with Gasteiger partial charge in [0.1, 0.15) is 5.82 Å². The van der Waals surface area contributed by atoms with Crippen LogP contribution in [-0.2, 0) is 13.1 Å². The predicted octanol–water partition coefficient (Wildman–Crippen LogP) is 2.75. The Kier molecular flexibility index (Phi) is 5.40. The molecule has 5 heteroatoms.